The Bertz CT molecular complexity index is 966. The van der Waals surface area contributed by atoms with Crippen LogP contribution in [0.15, 0.2) is 41.4 Å². The van der Waals surface area contributed by atoms with Crippen molar-refractivity contribution < 1.29 is 22.7 Å². The van der Waals surface area contributed by atoms with Gasteiger partial charge in [0.25, 0.3) is 5.91 Å². The van der Waals surface area contributed by atoms with E-state index in [-0.39, 0.29) is 16.5 Å². The molecule has 0 radical (unpaired) electrons. The third kappa shape index (κ3) is 4.76. The summed E-state index contributed by atoms with van der Waals surface area (Å²) in [5, 5.41) is 6.78. The Kier molecular flexibility index (Phi) is 6.57. The van der Waals surface area contributed by atoms with E-state index in [0.29, 0.717) is 5.82 Å². The molecule has 0 spiro atoms. The zero-order valence-electron chi connectivity index (χ0n) is 16.4. The third-order valence-corrected chi connectivity index (χ3v) is 5.72. The van der Waals surface area contributed by atoms with E-state index in [4.69, 9.17) is 4.74 Å². The van der Waals surface area contributed by atoms with Crippen LogP contribution in [0.2, 0.25) is 0 Å². The number of amides is 1. The van der Waals surface area contributed by atoms with Crippen molar-refractivity contribution in [3.63, 3.8) is 0 Å². The summed E-state index contributed by atoms with van der Waals surface area (Å²) in [5.74, 6) is -0.828. The summed E-state index contributed by atoms with van der Waals surface area (Å²) in [5.41, 5.74) is 0.0368. The van der Waals surface area contributed by atoms with Crippen LogP contribution >= 0.6 is 0 Å². The number of hydrogen-bond acceptors (Lipinski definition) is 6. The summed E-state index contributed by atoms with van der Waals surface area (Å²) < 4.78 is 32.3. The van der Waals surface area contributed by atoms with Crippen molar-refractivity contribution in [3.05, 3.63) is 42.1 Å². The highest BCUT2D eigenvalue weighted by Gasteiger charge is 2.23. The van der Waals surface area contributed by atoms with Crippen molar-refractivity contribution in [2.45, 2.75) is 37.8 Å². The van der Waals surface area contributed by atoms with Crippen LogP contribution in [-0.2, 0) is 19.6 Å². The molecule has 0 aliphatic carbocycles. The number of carbonyl (C=O) groups excluding carboxylic acids is 2. The van der Waals surface area contributed by atoms with Gasteiger partial charge in [-0.1, -0.05) is 6.07 Å². The molecule has 1 heterocycles. The fourth-order valence-electron chi connectivity index (χ4n) is 2.33. The maximum atomic E-state index is 12.4. The maximum Gasteiger partial charge on any atom is 0.338 e. The molecule has 1 amide bonds. The predicted molar refractivity (Wildman–Crippen MR) is 103 cm³/mol. The largest absolute Gasteiger partial charge is 0.449 e. The summed E-state index contributed by atoms with van der Waals surface area (Å²) >= 11 is 0. The molecule has 0 aliphatic rings. The minimum absolute atomic E-state index is 0.0368. The van der Waals surface area contributed by atoms with E-state index < -0.39 is 28.0 Å². The van der Waals surface area contributed by atoms with Gasteiger partial charge in [0.1, 0.15) is 5.82 Å². The molecule has 9 nitrogen and oxygen atoms in total. The molecule has 0 bridgehead atoms. The van der Waals surface area contributed by atoms with Gasteiger partial charge in [0.15, 0.2) is 6.10 Å². The third-order valence-electron chi connectivity index (χ3n) is 3.91. The van der Waals surface area contributed by atoms with Gasteiger partial charge in [-0.05, 0) is 39.0 Å². The van der Waals surface area contributed by atoms with E-state index in [0.717, 1.165) is 4.31 Å². The van der Waals surface area contributed by atoms with E-state index >= 15 is 0 Å². The van der Waals surface area contributed by atoms with Crippen LogP contribution < -0.4 is 5.32 Å². The Morgan fingerprint density at radius 2 is 1.86 bits per heavy atom. The molecular weight excluding hydrogens is 384 g/mol. The molecule has 0 fully saturated rings. The second-order valence-electron chi connectivity index (χ2n) is 6.61. The fourth-order valence-corrected chi connectivity index (χ4v) is 3.28. The SMILES string of the molecule is CC(C)n1nccc1NC(=O)[C@H](C)OC(=O)c1cccc(S(=O)(=O)N(C)C)c1. The Morgan fingerprint density at radius 1 is 1.18 bits per heavy atom. The zero-order valence-corrected chi connectivity index (χ0v) is 17.2. The van der Waals surface area contributed by atoms with Gasteiger partial charge in [-0.3, -0.25) is 4.79 Å². The second-order valence-corrected chi connectivity index (χ2v) is 8.76. The number of anilines is 1. The second kappa shape index (κ2) is 8.53. The van der Waals surface area contributed by atoms with Gasteiger partial charge < -0.3 is 10.1 Å². The van der Waals surface area contributed by atoms with Crippen LogP contribution in [0, 0.1) is 0 Å². The predicted octanol–water partition coefficient (Wildman–Crippen LogP) is 1.90. The molecule has 152 valence electrons. The topological polar surface area (TPSA) is 111 Å². The van der Waals surface area contributed by atoms with Crippen LogP contribution in [0.4, 0.5) is 5.82 Å². The van der Waals surface area contributed by atoms with Crippen LogP contribution in [0.1, 0.15) is 37.2 Å². The molecule has 28 heavy (non-hydrogen) atoms. The number of esters is 1. The minimum Gasteiger partial charge on any atom is -0.449 e. The minimum atomic E-state index is -3.69. The summed E-state index contributed by atoms with van der Waals surface area (Å²) in [7, 11) is -0.894. The van der Waals surface area contributed by atoms with Gasteiger partial charge >= 0.3 is 5.97 Å². The number of rotatable bonds is 7. The van der Waals surface area contributed by atoms with E-state index in [1.54, 1.807) is 16.9 Å². The summed E-state index contributed by atoms with van der Waals surface area (Å²) in [4.78, 5) is 24.7. The molecule has 10 heteroatoms. The number of hydrogen-bond donors (Lipinski definition) is 1. The molecule has 1 N–H and O–H groups in total. The molecular formula is C18H24N4O5S. The Labute approximate surface area is 164 Å². The first kappa shape index (κ1) is 21.6. The molecule has 2 aromatic rings. The number of ether oxygens (including phenoxy) is 1. The van der Waals surface area contributed by atoms with Gasteiger partial charge in [0, 0.05) is 26.2 Å². The van der Waals surface area contributed by atoms with Gasteiger partial charge in [0.05, 0.1) is 16.7 Å². The molecule has 2 rings (SSSR count). The highest BCUT2D eigenvalue weighted by Crippen LogP contribution is 2.17. The summed E-state index contributed by atoms with van der Waals surface area (Å²) in [6, 6.07) is 7.16. The van der Waals surface area contributed by atoms with Crippen molar-refractivity contribution in [3.8, 4) is 0 Å². The fraction of sp³-hybridized carbons (Fsp3) is 0.389. The van der Waals surface area contributed by atoms with Gasteiger partial charge in [0.2, 0.25) is 10.0 Å². The van der Waals surface area contributed by atoms with E-state index in [1.807, 2.05) is 13.8 Å². The number of carbonyl (C=O) groups is 2. The average molecular weight is 408 g/mol. The molecule has 0 unspecified atom stereocenters. The van der Waals surface area contributed by atoms with Crippen LogP contribution in [-0.4, -0.2) is 54.6 Å². The molecule has 1 aromatic carbocycles. The van der Waals surface area contributed by atoms with E-state index in [1.165, 1.54) is 45.3 Å². The summed E-state index contributed by atoms with van der Waals surface area (Å²) in [6.45, 7) is 5.27. The molecule has 1 aromatic heterocycles. The molecule has 0 saturated heterocycles. The summed E-state index contributed by atoms with van der Waals surface area (Å²) in [6.07, 6.45) is 0.473. The quantitative estimate of drug-likeness (QED) is 0.701. The van der Waals surface area contributed by atoms with E-state index in [9.17, 15) is 18.0 Å². The average Bonchev–Trinajstić information content (AvgIpc) is 3.09. The van der Waals surface area contributed by atoms with Crippen LogP contribution in [0.5, 0.6) is 0 Å². The first-order valence-corrected chi connectivity index (χ1v) is 10.1. The zero-order chi connectivity index (χ0) is 21.1. The monoisotopic (exact) mass is 408 g/mol. The first-order chi connectivity index (χ1) is 13.0. The maximum absolute atomic E-state index is 12.4. The van der Waals surface area contributed by atoms with Crippen molar-refractivity contribution >= 4 is 27.7 Å². The van der Waals surface area contributed by atoms with E-state index in [2.05, 4.69) is 10.4 Å². The van der Waals surface area contributed by atoms with Gasteiger partial charge in [-0.15, -0.1) is 0 Å². The molecule has 0 aliphatic heterocycles. The number of aromatic nitrogens is 2. The van der Waals surface area contributed by atoms with Crippen molar-refractivity contribution in [2.24, 2.45) is 0 Å². The first-order valence-electron chi connectivity index (χ1n) is 8.62. The standard InChI is InChI=1S/C18H24N4O5S/c1-12(2)22-16(9-10-19-22)20-17(23)13(3)27-18(24)14-7-6-8-15(11-14)28(25,26)21(4)5/h6-13H,1-5H3,(H,20,23)/t13-/m0/s1. The number of nitrogens with one attached hydrogen (secondary N) is 1. The highest BCUT2D eigenvalue weighted by atomic mass is 32.2. The lowest BCUT2D eigenvalue weighted by atomic mass is 10.2. The smallest absolute Gasteiger partial charge is 0.338 e. The lowest BCUT2D eigenvalue weighted by Crippen LogP contribution is -2.31. The van der Waals surface area contributed by atoms with Crippen molar-refractivity contribution in [1.82, 2.24) is 14.1 Å². The van der Waals surface area contributed by atoms with Crippen LogP contribution in [0.3, 0.4) is 0 Å². The lowest BCUT2D eigenvalue weighted by Gasteiger charge is -2.16. The van der Waals surface area contributed by atoms with Gasteiger partial charge in [-0.2, -0.15) is 5.10 Å². The molecule has 0 saturated carbocycles. The van der Waals surface area contributed by atoms with Gasteiger partial charge in [-0.25, -0.2) is 22.2 Å². The number of benzene rings is 1. The van der Waals surface area contributed by atoms with Crippen molar-refractivity contribution in [2.75, 3.05) is 19.4 Å². The molecule has 1 atom stereocenters. The lowest BCUT2D eigenvalue weighted by molar-refractivity contribution is -0.123. The Morgan fingerprint density at radius 3 is 2.46 bits per heavy atom. The Hall–Kier alpha value is -2.72. The Balaban J connectivity index is 2.10. The van der Waals surface area contributed by atoms with Crippen molar-refractivity contribution in [1.29, 1.82) is 0 Å². The highest BCUT2D eigenvalue weighted by molar-refractivity contribution is 7.89. The number of nitrogens with zero attached hydrogens (tertiary/aromatic N) is 3. The number of sulfonamides is 1. The normalized spacial score (nSPS) is 12.8. The van der Waals surface area contributed by atoms with Crippen LogP contribution in [0.25, 0.3) is 0 Å².